The van der Waals surface area contributed by atoms with Gasteiger partial charge < -0.3 is 10.1 Å². The summed E-state index contributed by atoms with van der Waals surface area (Å²) in [7, 11) is 0. The SMILES string of the molecule is CSc1cc(Sc2cnc(CNC(=O)OC(C)(C)C)s2)cc(-c2ccccc2)c1. The Balaban J connectivity index is 1.68. The molecule has 4 nitrogen and oxygen atoms in total. The number of alkyl carbamates (subject to hydrolysis) is 1. The number of hydrogen-bond acceptors (Lipinski definition) is 6. The number of rotatable bonds is 6. The van der Waals surface area contributed by atoms with Crippen LogP contribution in [0.2, 0.25) is 0 Å². The zero-order valence-corrected chi connectivity index (χ0v) is 19.3. The molecular weight excluding hydrogens is 420 g/mol. The molecule has 0 bridgehead atoms. The number of carbonyl (C=O) groups is 1. The van der Waals surface area contributed by atoms with Crippen molar-refractivity contribution >= 4 is 41.0 Å². The summed E-state index contributed by atoms with van der Waals surface area (Å²) in [5.41, 5.74) is 1.90. The molecule has 3 rings (SSSR count). The van der Waals surface area contributed by atoms with E-state index in [9.17, 15) is 4.79 Å². The van der Waals surface area contributed by atoms with Crippen molar-refractivity contribution in [2.75, 3.05) is 6.26 Å². The summed E-state index contributed by atoms with van der Waals surface area (Å²) in [4.78, 5) is 18.6. The fraction of sp³-hybridized carbons (Fsp3) is 0.273. The third kappa shape index (κ3) is 6.80. The highest BCUT2D eigenvalue weighted by atomic mass is 32.2. The number of amides is 1. The summed E-state index contributed by atoms with van der Waals surface area (Å²) in [6.07, 6.45) is 3.52. The minimum Gasteiger partial charge on any atom is -0.444 e. The Morgan fingerprint density at radius 1 is 1.10 bits per heavy atom. The van der Waals surface area contributed by atoms with Crippen molar-refractivity contribution in [3.8, 4) is 11.1 Å². The minimum absolute atomic E-state index is 0.361. The van der Waals surface area contributed by atoms with Gasteiger partial charge in [-0.05, 0) is 56.4 Å². The van der Waals surface area contributed by atoms with Crippen LogP contribution in [0.15, 0.2) is 68.7 Å². The zero-order valence-electron chi connectivity index (χ0n) is 16.9. The number of nitrogens with one attached hydrogen (secondary N) is 1. The molecule has 29 heavy (non-hydrogen) atoms. The summed E-state index contributed by atoms with van der Waals surface area (Å²) >= 11 is 5.00. The number of hydrogen-bond donors (Lipinski definition) is 1. The average molecular weight is 445 g/mol. The predicted octanol–water partition coefficient (Wildman–Crippen LogP) is 6.71. The lowest BCUT2D eigenvalue weighted by molar-refractivity contribution is 0.0523. The Labute approximate surface area is 184 Å². The first-order valence-corrected chi connectivity index (χ1v) is 12.0. The van der Waals surface area contributed by atoms with E-state index in [4.69, 9.17) is 4.74 Å². The number of thiazole rings is 1. The van der Waals surface area contributed by atoms with Gasteiger partial charge in [0.1, 0.15) is 10.6 Å². The summed E-state index contributed by atoms with van der Waals surface area (Å²) in [6.45, 7) is 5.89. The van der Waals surface area contributed by atoms with Crippen LogP contribution in [0.3, 0.4) is 0 Å². The topological polar surface area (TPSA) is 51.2 Å². The van der Waals surface area contributed by atoms with Crippen LogP contribution in [-0.4, -0.2) is 22.9 Å². The average Bonchev–Trinajstić information content (AvgIpc) is 3.13. The summed E-state index contributed by atoms with van der Waals surface area (Å²) in [5, 5.41) is 3.61. The highest BCUT2D eigenvalue weighted by Crippen LogP contribution is 2.37. The van der Waals surface area contributed by atoms with E-state index in [1.165, 1.54) is 20.9 Å². The second-order valence-electron chi connectivity index (χ2n) is 7.29. The third-order valence-electron chi connectivity index (χ3n) is 3.76. The Bertz CT molecular complexity index is 966. The van der Waals surface area contributed by atoms with E-state index in [2.05, 4.69) is 59.0 Å². The molecule has 1 amide bonds. The number of ether oxygens (including phenoxy) is 1. The molecule has 0 saturated heterocycles. The molecular formula is C22H24N2O2S3. The van der Waals surface area contributed by atoms with E-state index in [1.54, 1.807) is 34.9 Å². The van der Waals surface area contributed by atoms with Crippen molar-refractivity contribution in [2.45, 2.75) is 46.9 Å². The van der Waals surface area contributed by atoms with Gasteiger partial charge in [0.15, 0.2) is 0 Å². The molecule has 0 aliphatic heterocycles. The van der Waals surface area contributed by atoms with Crippen molar-refractivity contribution in [1.29, 1.82) is 0 Å². The van der Waals surface area contributed by atoms with Gasteiger partial charge in [-0.15, -0.1) is 23.1 Å². The van der Waals surface area contributed by atoms with Crippen molar-refractivity contribution in [1.82, 2.24) is 10.3 Å². The van der Waals surface area contributed by atoms with E-state index in [0.29, 0.717) is 6.54 Å². The molecule has 1 heterocycles. The first kappa shape index (κ1) is 21.7. The largest absolute Gasteiger partial charge is 0.444 e. The first-order valence-electron chi connectivity index (χ1n) is 9.16. The molecule has 0 unspecified atom stereocenters. The number of benzene rings is 2. The number of aromatic nitrogens is 1. The lowest BCUT2D eigenvalue weighted by Gasteiger charge is -2.19. The molecule has 0 atom stereocenters. The van der Waals surface area contributed by atoms with Gasteiger partial charge in [-0.2, -0.15) is 0 Å². The van der Waals surface area contributed by atoms with Crippen LogP contribution in [0, 0.1) is 0 Å². The quantitative estimate of drug-likeness (QED) is 0.428. The van der Waals surface area contributed by atoms with Crippen LogP contribution in [-0.2, 0) is 11.3 Å². The predicted molar refractivity (Wildman–Crippen MR) is 123 cm³/mol. The van der Waals surface area contributed by atoms with Gasteiger partial charge in [0.2, 0.25) is 0 Å². The van der Waals surface area contributed by atoms with Gasteiger partial charge in [-0.3, -0.25) is 0 Å². The van der Waals surface area contributed by atoms with E-state index in [1.807, 2.05) is 33.0 Å². The molecule has 2 aromatic carbocycles. The molecule has 1 aromatic heterocycles. The van der Waals surface area contributed by atoms with Crippen LogP contribution < -0.4 is 5.32 Å². The maximum atomic E-state index is 11.8. The van der Waals surface area contributed by atoms with E-state index in [-0.39, 0.29) is 0 Å². The van der Waals surface area contributed by atoms with E-state index >= 15 is 0 Å². The number of nitrogens with zero attached hydrogens (tertiary/aromatic N) is 1. The molecule has 7 heteroatoms. The van der Waals surface area contributed by atoms with Crippen molar-refractivity contribution < 1.29 is 9.53 Å². The number of thioether (sulfide) groups is 1. The van der Waals surface area contributed by atoms with Crippen molar-refractivity contribution in [3.05, 3.63) is 59.7 Å². The van der Waals surface area contributed by atoms with Gasteiger partial charge in [0.05, 0.1) is 17.0 Å². The molecule has 0 aliphatic rings. The fourth-order valence-corrected chi connectivity index (χ4v) is 5.15. The van der Waals surface area contributed by atoms with Gasteiger partial charge in [-0.1, -0.05) is 42.1 Å². The second kappa shape index (κ2) is 9.69. The monoisotopic (exact) mass is 444 g/mol. The molecule has 3 aromatic rings. The molecule has 0 aliphatic carbocycles. The minimum atomic E-state index is -0.507. The van der Waals surface area contributed by atoms with Crippen LogP contribution in [0.4, 0.5) is 4.79 Å². The number of carbonyl (C=O) groups excluding carboxylic acids is 1. The molecule has 0 spiro atoms. The van der Waals surface area contributed by atoms with Gasteiger partial charge in [0.25, 0.3) is 0 Å². The highest BCUT2D eigenvalue weighted by Gasteiger charge is 2.16. The first-order chi connectivity index (χ1) is 13.8. The Hall–Kier alpha value is -1.96. The highest BCUT2D eigenvalue weighted by molar-refractivity contribution is 8.01. The smallest absolute Gasteiger partial charge is 0.408 e. The van der Waals surface area contributed by atoms with Crippen LogP contribution in [0.1, 0.15) is 25.8 Å². The Kier molecular flexibility index (Phi) is 7.27. The molecule has 0 radical (unpaired) electrons. The lowest BCUT2D eigenvalue weighted by Crippen LogP contribution is -2.32. The summed E-state index contributed by atoms with van der Waals surface area (Å²) in [5.74, 6) is 0. The maximum Gasteiger partial charge on any atom is 0.408 e. The van der Waals surface area contributed by atoms with E-state index in [0.717, 1.165) is 9.22 Å². The lowest BCUT2D eigenvalue weighted by atomic mass is 10.1. The molecule has 0 fully saturated rings. The van der Waals surface area contributed by atoms with Crippen LogP contribution >= 0.6 is 34.9 Å². The van der Waals surface area contributed by atoms with Gasteiger partial charge in [0, 0.05) is 9.79 Å². The van der Waals surface area contributed by atoms with E-state index < -0.39 is 11.7 Å². The summed E-state index contributed by atoms with van der Waals surface area (Å²) in [6, 6.07) is 17.0. The van der Waals surface area contributed by atoms with Crippen LogP contribution in [0.25, 0.3) is 11.1 Å². The maximum absolute atomic E-state index is 11.8. The second-order valence-corrected chi connectivity index (χ2v) is 10.7. The Morgan fingerprint density at radius 2 is 1.83 bits per heavy atom. The standard InChI is InChI=1S/C22H24N2O2S3/c1-22(2,3)26-21(25)24-13-19-23-14-20(29-19)28-18-11-16(10-17(12-18)27-4)15-8-6-5-7-9-15/h5-12,14H,13H2,1-4H3,(H,24,25). The Morgan fingerprint density at radius 3 is 2.52 bits per heavy atom. The van der Waals surface area contributed by atoms with Crippen LogP contribution in [0.5, 0.6) is 0 Å². The molecule has 1 N–H and O–H groups in total. The van der Waals surface area contributed by atoms with Crippen molar-refractivity contribution in [2.24, 2.45) is 0 Å². The summed E-state index contributed by atoms with van der Waals surface area (Å²) < 4.78 is 6.35. The van der Waals surface area contributed by atoms with Gasteiger partial charge in [-0.25, -0.2) is 9.78 Å². The fourth-order valence-electron chi connectivity index (χ4n) is 2.55. The molecule has 152 valence electrons. The van der Waals surface area contributed by atoms with Crippen molar-refractivity contribution in [3.63, 3.8) is 0 Å². The third-order valence-corrected chi connectivity index (χ3v) is 6.53. The normalized spacial score (nSPS) is 11.3. The van der Waals surface area contributed by atoms with Gasteiger partial charge >= 0.3 is 6.09 Å². The molecule has 0 saturated carbocycles. The zero-order chi connectivity index (χ0) is 20.9.